The van der Waals surface area contributed by atoms with Crippen LogP contribution in [-0.4, -0.2) is 63.6 Å². The Labute approximate surface area is 93.6 Å². The third kappa shape index (κ3) is 11.8. The van der Waals surface area contributed by atoms with E-state index < -0.39 is 0 Å². The molecule has 0 fully saturated rings. The first-order valence-corrected chi connectivity index (χ1v) is 5.80. The lowest BCUT2D eigenvalue weighted by Gasteiger charge is -2.16. The Morgan fingerprint density at radius 3 is 2.60 bits per heavy atom. The van der Waals surface area contributed by atoms with Crippen LogP contribution in [0.2, 0.25) is 0 Å². The highest BCUT2D eigenvalue weighted by molar-refractivity contribution is 4.55. The molecule has 4 nitrogen and oxygen atoms in total. The molecule has 0 unspecified atom stereocenters. The fourth-order valence-corrected chi connectivity index (χ4v) is 1.35. The first kappa shape index (κ1) is 14.8. The highest BCUT2D eigenvalue weighted by Gasteiger charge is 1.97. The molecule has 0 aromatic rings. The number of hydrogen-bond acceptors (Lipinski definition) is 4. The van der Waals surface area contributed by atoms with Crippen LogP contribution in [0.25, 0.3) is 0 Å². The van der Waals surface area contributed by atoms with Crippen LogP contribution in [-0.2, 0) is 4.74 Å². The molecule has 0 aromatic heterocycles. The van der Waals surface area contributed by atoms with Gasteiger partial charge in [-0.25, -0.2) is 0 Å². The van der Waals surface area contributed by atoms with Gasteiger partial charge in [-0.05, 0) is 32.9 Å². The second kappa shape index (κ2) is 11.9. The van der Waals surface area contributed by atoms with Crippen LogP contribution < -0.4 is 5.32 Å². The summed E-state index contributed by atoms with van der Waals surface area (Å²) in [4.78, 5) is 2.32. The largest absolute Gasteiger partial charge is 0.396 e. The smallest absolute Gasteiger partial charge is 0.0587 e. The van der Waals surface area contributed by atoms with Crippen molar-refractivity contribution in [3.63, 3.8) is 0 Å². The van der Waals surface area contributed by atoms with Crippen molar-refractivity contribution in [2.24, 2.45) is 0 Å². The average molecular weight is 218 g/mol. The van der Waals surface area contributed by atoms with Gasteiger partial charge in [0.15, 0.2) is 0 Å². The minimum absolute atomic E-state index is 0.322. The van der Waals surface area contributed by atoms with Crippen molar-refractivity contribution in [2.45, 2.75) is 19.3 Å². The zero-order valence-electron chi connectivity index (χ0n) is 10.2. The molecule has 2 N–H and O–H groups in total. The second-order valence-electron chi connectivity index (χ2n) is 3.83. The molecular weight excluding hydrogens is 192 g/mol. The number of hydrogen-bond donors (Lipinski definition) is 2. The minimum Gasteiger partial charge on any atom is -0.396 e. The molecule has 0 rings (SSSR count). The molecule has 0 aliphatic heterocycles. The van der Waals surface area contributed by atoms with E-state index in [4.69, 9.17) is 9.84 Å². The topological polar surface area (TPSA) is 44.7 Å². The van der Waals surface area contributed by atoms with Gasteiger partial charge >= 0.3 is 0 Å². The number of ether oxygens (including phenoxy) is 1. The Hall–Kier alpha value is -0.160. The van der Waals surface area contributed by atoms with Crippen LogP contribution in [0.15, 0.2) is 0 Å². The summed E-state index contributed by atoms with van der Waals surface area (Å²) in [5.41, 5.74) is 0. The molecule has 0 spiro atoms. The van der Waals surface area contributed by atoms with Crippen molar-refractivity contribution in [1.29, 1.82) is 0 Å². The molecule has 92 valence electrons. The molecule has 0 heterocycles. The summed E-state index contributed by atoms with van der Waals surface area (Å²) in [6.45, 7) is 5.23. The molecule has 0 radical (unpaired) electrons. The quantitative estimate of drug-likeness (QED) is 0.490. The van der Waals surface area contributed by atoms with Crippen LogP contribution in [0.5, 0.6) is 0 Å². The second-order valence-corrected chi connectivity index (χ2v) is 3.83. The predicted molar refractivity (Wildman–Crippen MR) is 63.2 cm³/mol. The lowest BCUT2D eigenvalue weighted by Crippen LogP contribution is -2.31. The number of rotatable bonds is 11. The minimum atomic E-state index is 0.322. The number of likely N-dealkylation sites (N-methyl/N-ethyl adjacent to an activating group) is 1. The standard InChI is InChI=1S/C11H26N2O2/c1-13(8-4-3-5-10-14)9-6-12-7-11-15-2/h12,14H,3-11H2,1-2H3. The summed E-state index contributed by atoms with van der Waals surface area (Å²) in [6.07, 6.45) is 3.23. The van der Waals surface area contributed by atoms with Crippen molar-refractivity contribution < 1.29 is 9.84 Å². The van der Waals surface area contributed by atoms with Crippen LogP contribution in [0.3, 0.4) is 0 Å². The molecule has 15 heavy (non-hydrogen) atoms. The summed E-state index contributed by atoms with van der Waals surface area (Å²) in [5.74, 6) is 0. The van der Waals surface area contributed by atoms with E-state index in [2.05, 4.69) is 17.3 Å². The number of nitrogens with zero attached hydrogens (tertiary/aromatic N) is 1. The summed E-state index contributed by atoms with van der Waals surface area (Å²) in [7, 11) is 3.85. The maximum atomic E-state index is 8.62. The summed E-state index contributed by atoms with van der Waals surface area (Å²) in [5, 5.41) is 11.9. The summed E-state index contributed by atoms with van der Waals surface area (Å²) < 4.78 is 4.94. The normalized spacial score (nSPS) is 11.2. The molecule has 0 atom stereocenters. The van der Waals surface area contributed by atoms with Crippen LogP contribution in [0, 0.1) is 0 Å². The van der Waals surface area contributed by atoms with Crippen molar-refractivity contribution in [1.82, 2.24) is 10.2 Å². The van der Waals surface area contributed by atoms with Gasteiger partial charge in [-0.15, -0.1) is 0 Å². The molecule has 0 aromatic carbocycles. The van der Waals surface area contributed by atoms with Crippen LogP contribution in [0.1, 0.15) is 19.3 Å². The fraction of sp³-hybridized carbons (Fsp3) is 1.00. The van der Waals surface area contributed by atoms with E-state index in [0.29, 0.717) is 6.61 Å². The lowest BCUT2D eigenvalue weighted by molar-refractivity contribution is 0.197. The summed E-state index contributed by atoms with van der Waals surface area (Å²) >= 11 is 0. The number of methoxy groups -OCH3 is 1. The van der Waals surface area contributed by atoms with E-state index in [-0.39, 0.29) is 0 Å². The Morgan fingerprint density at radius 2 is 1.93 bits per heavy atom. The molecule has 4 heteroatoms. The highest BCUT2D eigenvalue weighted by atomic mass is 16.5. The van der Waals surface area contributed by atoms with Crippen molar-refractivity contribution >= 4 is 0 Å². The van der Waals surface area contributed by atoms with Gasteiger partial charge in [-0.2, -0.15) is 0 Å². The monoisotopic (exact) mass is 218 g/mol. The Morgan fingerprint density at radius 1 is 1.13 bits per heavy atom. The van der Waals surface area contributed by atoms with Crippen molar-refractivity contribution in [3.05, 3.63) is 0 Å². The first-order chi connectivity index (χ1) is 7.31. The third-order valence-corrected chi connectivity index (χ3v) is 2.35. The molecule has 0 saturated carbocycles. The predicted octanol–water partition coefficient (Wildman–Crippen LogP) is 0.317. The van der Waals surface area contributed by atoms with E-state index in [9.17, 15) is 0 Å². The van der Waals surface area contributed by atoms with Gasteiger partial charge in [0.25, 0.3) is 0 Å². The van der Waals surface area contributed by atoms with E-state index in [1.54, 1.807) is 7.11 Å². The first-order valence-electron chi connectivity index (χ1n) is 5.80. The zero-order valence-corrected chi connectivity index (χ0v) is 10.2. The van der Waals surface area contributed by atoms with Gasteiger partial charge < -0.3 is 20.1 Å². The highest BCUT2D eigenvalue weighted by Crippen LogP contribution is 1.95. The van der Waals surface area contributed by atoms with Crippen LogP contribution >= 0.6 is 0 Å². The van der Waals surface area contributed by atoms with Gasteiger partial charge in [0.1, 0.15) is 0 Å². The van der Waals surface area contributed by atoms with E-state index in [1.807, 2.05) is 0 Å². The average Bonchev–Trinajstić information content (AvgIpc) is 2.24. The van der Waals surface area contributed by atoms with E-state index >= 15 is 0 Å². The Bertz CT molecular complexity index is 123. The number of aliphatic hydroxyl groups excluding tert-OH is 1. The van der Waals surface area contributed by atoms with Gasteiger partial charge in [0.2, 0.25) is 0 Å². The number of unbranched alkanes of at least 4 members (excludes halogenated alkanes) is 2. The molecule has 0 aliphatic carbocycles. The number of aliphatic hydroxyl groups is 1. The maximum absolute atomic E-state index is 8.62. The molecule has 0 bridgehead atoms. The van der Waals surface area contributed by atoms with Gasteiger partial charge in [-0.1, -0.05) is 0 Å². The van der Waals surface area contributed by atoms with Crippen molar-refractivity contribution in [3.8, 4) is 0 Å². The lowest BCUT2D eigenvalue weighted by atomic mass is 10.2. The molecular formula is C11H26N2O2. The van der Waals surface area contributed by atoms with Crippen molar-refractivity contribution in [2.75, 3.05) is 53.6 Å². The fourth-order valence-electron chi connectivity index (χ4n) is 1.35. The van der Waals surface area contributed by atoms with E-state index in [0.717, 1.165) is 45.6 Å². The van der Waals surface area contributed by atoms with Crippen LogP contribution in [0.4, 0.5) is 0 Å². The van der Waals surface area contributed by atoms with Gasteiger partial charge in [0.05, 0.1) is 6.61 Å². The van der Waals surface area contributed by atoms with Gasteiger partial charge in [0, 0.05) is 33.4 Å². The maximum Gasteiger partial charge on any atom is 0.0587 e. The SMILES string of the molecule is COCCNCCN(C)CCCCCO. The Kier molecular flexibility index (Phi) is 11.8. The molecule has 0 amide bonds. The number of nitrogens with one attached hydrogen (secondary N) is 1. The zero-order chi connectivity index (χ0) is 11.4. The Balaban J connectivity index is 3.08. The summed E-state index contributed by atoms with van der Waals surface area (Å²) in [6, 6.07) is 0. The van der Waals surface area contributed by atoms with Gasteiger partial charge in [-0.3, -0.25) is 0 Å². The third-order valence-electron chi connectivity index (χ3n) is 2.35. The molecule has 0 aliphatic rings. The molecule has 0 saturated heterocycles. The van der Waals surface area contributed by atoms with E-state index in [1.165, 1.54) is 6.42 Å².